The van der Waals surface area contributed by atoms with E-state index in [-0.39, 0.29) is 43.2 Å². The van der Waals surface area contributed by atoms with E-state index in [0.29, 0.717) is 17.4 Å². The fourth-order valence-electron chi connectivity index (χ4n) is 4.93. The molecule has 216 valence electrons. The van der Waals surface area contributed by atoms with Crippen LogP contribution in [0.4, 0.5) is 16.2 Å². The lowest BCUT2D eigenvalue weighted by Gasteiger charge is -2.32. The second-order valence-corrected chi connectivity index (χ2v) is 11.6. The Balaban J connectivity index is 2.13. The van der Waals surface area contributed by atoms with Gasteiger partial charge in [-0.15, -0.1) is 0 Å². The Bertz CT molecular complexity index is 1640. The van der Waals surface area contributed by atoms with Gasteiger partial charge in [0.25, 0.3) is 15.9 Å². The lowest BCUT2D eigenvalue weighted by atomic mass is 9.82. The summed E-state index contributed by atoms with van der Waals surface area (Å²) in [6.07, 6.45) is 0. The standard InChI is InChI=1S/C28H28Cl2N4O6S/c1-5-33(6-2)27(37)31-25-20(30)15-16-21-24(25)28(32-17(3)35,18-11-7-8-12-19(18)29)26(36)34(21)41(38,39)23-14-10-9-13-22(23)40-4/h7-16H,5-6H2,1-4H3,(H,31,37)(H,32,35). The second kappa shape index (κ2) is 11.6. The van der Waals surface area contributed by atoms with Crippen molar-refractivity contribution < 1.29 is 27.5 Å². The number of rotatable bonds is 8. The van der Waals surface area contributed by atoms with Crippen molar-refractivity contribution in [3.8, 4) is 5.75 Å². The van der Waals surface area contributed by atoms with E-state index >= 15 is 0 Å². The topological polar surface area (TPSA) is 125 Å². The number of carbonyl (C=O) groups excluding carboxylic acids is 3. The Morgan fingerprint density at radius 2 is 1.61 bits per heavy atom. The summed E-state index contributed by atoms with van der Waals surface area (Å²) < 4.78 is 34.4. The number of amides is 4. The largest absolute Gasteiger partial charge is 0.495 e. The highest BCUT2D eigenvalue weighted by Crippen LogP contribution is 2.53. The molecule has 2 N–H and O–H groups in total. The Labute approximate surface area is 248 Å². The number of hydrogen-bond donors (Lipinski definition) is 2. The monoisotopic (exact) mass is 618 g/mol. The molecule has 4 amide bonds. The molecule has 0 spiro atoms. The molecule has 0 saturated carbocycles. The highest BCUT2D eigenvalue weighted by molar-refractivity contribution is 7.93. The van der Waals surface area contributed by atoms with Crippen LogP contribution in [-0.4, -0.2) is 51.4 Å². The van der Waals surface area contributed by atoms with Gasteiger partial charge in [0.1, 0.15) is 10.6 Å². The summed E-state index contributed by atoms with van der Waals surface area (Å²) >= 11 is 13.2. The van der Waals surface area contributed by atoms with Gasteiger partial charge in [-0.05, 0) is 44.2 Å². The zero-order chi connectivity index (χ0) is 30.1. The molecule has 3 aromatic carbocycles. The Kier molecular flexibility index (Phi) is 8.53. The number of nitrogens with one attached hydrogen (secondary N) is 2. The number of methoxy groups -OCH3 is 1. The van der Waals surface area contributed by atoms with E-state index in [0.717, 1.165) is 0 Å². The molecule has 0 radical (unpaired) electrons. The maximum absolute atomic E-state index is 14.7. The maximum Gasteiger partial charge on any atom is 0.321 e. The van der Waals surface area contributed by atoms with E-state index in [1.54, 1.807) is 32.0 Å². The molecule has 1 atom stereocenters. The first-order valence-electron chi connectivity index (χ1n) is 12.6. The van der Waals surface area contributed by atoms with E-state index in [4.69, 9.17) is 27.9 Å². The molecular weight excluding hydrogens is 591 g/mol. The number of fused-ring (bicyclic) bond motifs is 1. The third-order valence-corrected chi connectivity index (χ3v) is 9.12. The van der Waals surface area contributed by atoms with E-state index < -0.39 is 33.4 Å². The molecule has 0 aliphatic carbocycles. The van der Waals surface area contributed by atoms with Gasteiger partial charge in [0.05, 0.1) is 23.5 Å². The number of hydrogen-bond acceptors (Lipinski definition) is 6. The van der Waals surface area contributed by atoms with Gasteiger partial charge in [0.15, 0.2) is 5.54 Å². The van der Waals surface area contributed by atoms with Gasteiger partial charge < -0.3 is 20.3 Å². The number of urea groups is 1. The number of halogens is 2. The highest BCUT2D eigenvalue weighted by atomic mass is 35.5. The smallest absolute Gasteiger partial charge is 0.321 e. The number of benzene rings is 3. The zero-order valence-electron chi connectivity index (χ0n) is 22.7. The third-order valence-electron chi connectivity index (χ3n) is 6.74. The van der Waals surface area contributed by atoms with Gasteiger partial charge in [0, 0.05) is 36.2 Å². The SMILES string of the molecule is CCN(CC)C(=O)Nc1c(Cl)ccc2c1C(NC(C)=O)(c1ccccc1Cl)C(=O)N2S(=O)(=O)c1ccccc1OC. The van der Waals surface area contributed by atoms with Gasteiger partial charge in [-0.3, -0.25) is 9.59 Å². The average Bonchev–Trinajstić information content (AvgIpc) is 3.19. The van der Waals surface area contributed by atoms with Gasteiger partial charge in [-0.2, -0.15) is 4.31 Å². The van der Waals surface area contributed by atoms with E-state index in [2.05, 4.69) is 10.6 Å². The first-order chi connectivity index (χ1) is 19.4. The Hall–Kier alpha value is -3.80. The van der Waals surface area contributed by atoms with Crippen molar-refractivity contribution in [2.45, 2.75) is 31.2 Å². The summed E-state index contributed by atoms with van der Waals surface area (Å²) in [6, 6.07) is 14.2. The van der Waals surface area contributed by atoms with Crippen molar-refractivity contribution in [3.05, 3.63) is 81.8 Å². The van der Waals surface area contributed by atoms with Crippen LogP contribution in [0.2, 0.25) is 10.0 Å². The normalized spacial score (nSPS) is 16.2. The number of carbonyl (C=O) groups is 3. The van der Waals surface area contributed by atoms with Crippen LogP contribution in [-0.2, 0) is 25.2 Å². The van der Waals surface area contributed by atoms with Gasteiger partial charge in [0.2, 0.25) is 5.91 Å². The van der Waals surface area contributed by atoms with Gasteiger partial charge in [-0.1, -0.05) is 53.5 Å². The van der Waals surface area contributed by atoms with E-state index in [9.17, 15) is 22.8 Å². The van der Waals surface area contributed by atoms with Crippen molar-refractivity contribution in [1.29, 1.82) is 0 Å². The van der Waals surface area contributed by atoms with Crippen molar-refractivity contribution in [3.63, 3.8) is 0 Å². The molecule has 1 aliphatic heterocycles. The summed E-state index contributed by atoms with van der Waals surface area (Å²) in [6.45, 7) is 5.49. The molecule has 0 bridgehead atoms. The van der Waals surface area contributed by atoms with Gasteiger partial charge >= 0.3 is 6.03 Å². The van der Waals surface area contributed by atoms with Gasteiger partial charge in [-0.25, -0.2) is 13.2 Å². The summed E-state index contributed by atoms with van der Waals surface area (Å²) in [5.41, 5.74) is -2.35. The molecule has 13 heteroatoms. The van der Waals surface area contributed by atoms with E-state index in [1.165, 1.54) is 61.4 Å². The van der Waals surface area contributed by atoms with Crippen LogP contribution in [0.1, 0.15) is 31.9 Å². The molecular formula is C28H28Cl2N4O6S. The molecule has 41 heavy (non-hydrogen) atoms. The lowest BCUT2D eigenvalue weighted by molar-refractivity contribution is -0.128. The number of para-hydroxylation sites is 1. The van der Waals surface area contributed by atoms with Crippen molar-refractivity contribution >= 4 is 62.4 Å². The quantitative estimate of drug-likeness (QED) is 0.366. The van der Waals surface area contributed by atoms with Crippen LogP contribution in [0.25, 0.3) is 0 Å². The predicted molar refractivity (Wildman–Crippen MR) is 157 cm³/mol. The minimum absolute atomic E-state index is 0.000596. The lowest BCUT2D eigenvalue weighted by Crippen LogP contribution is -2.54. The van der Waals surface area contributed by atoms with Crippen molar-refractivity contribution in [2.75, 3.05) is 29.8 Å². The van der Waals surface area contributed by atoms with Crippen LogP contribution in [0.15, 0.2) is 65.6 Å². The minimum Gasteiger partial charge on any atom is -0.495 e. The minimum atomic E-state index is -4.66. The first kappa shape index (κ1) is 30.2. The summed E-state index contributed by atoms with van der Waals surface area (Å²) in [5, 5.41) is 5.49. The van der Waals surface area contributed by atoms with Crippen LogP contribution >= 0.6 is 23.2 Å². The number of ether oxygens (including phenoxy) is 1. The molecule has 3 aromatic rings. The molecule has 10 nitrogen and oxygen atoms in total. The van der Waals surface area contributed by atoms with Crippen molar-refractivity contribution in [2.24, 2.45) is 0 Å². The highest BCUT2D eigenvalue weighted by Gasteiger charge is 2.59. The Morgan fingerprint density at radius 1 is 0.976 bits per heavy atom. The summed E-state index contributed by atoms with van der Waals surface area (Å²) in [7, 11) is -3.35. The maximum atomic E-state index is 14.7. The molecule has 0 saturated heterocycles. The first-order valence-corrected chi connectivity index (χ1v) is 14.8. The predicted octanol–water partition coefficient (Wildman–Crippen LogP) is 4.99. The van der Waals surface area contributed by atoms with Crippen molar-refractivity contribution in [1.82, 2.24) is 10.2 Å². The van der Waals surface area contributed by atoms with Crippen LogP contribution in [0.5, 0.6) is 5.75 Å². The summed E-state index contributed by atoms with van der Waals surface area (Å²) in [5.74, 6) is -1.72. The Morgan fingerprint density at radius 3 is 2.22 bits per heavy atom. The third kappa shape index (κ3) is 4.98. The fraction of sp³-hybridized carbons (Fsp3) is 0.250. The number of sulfonamides is 1. The summed E-state index contributed by atoms with van der Waals surface area (Å²) in [4.78, 5) is 41.8. The van der Waals surface area contributed by atoms with Crippen LogP contribution in [0, 0.1) is 0 Å². The van der Waals surface area contributed by atoms with Crippen LogP contribution in [0.3, 0.4) is 0 Å². The number of nitrogens with zero attached hydrogens (tertiary/aromatic N) is 2. The van der Waals surface area contributed by atoms with Crippen LogP contribution < -0.4 is 19.7 Å². The molecule has 1 heterocycles. The number of anilines is 2. The van der Waals surface area contributed by atoms with E-state index in [1.807, 2.05) is 0 Å². The zero-order valence-corrected chi connectivity index (χ0v) is 25.0. The fourth-order valence-corrected chi connectivity index (χ4v) is 7.04. The molecule has 1 unspecified atom stereocenters. The molecule has 0 fully saturated rings. The second-order valence-electron chi connectivity index (χ2n) is 9.06. The average molecular weight is 620 g/mol. The molecule has 4 rings (SSSR count). The molecule has 0 aromatic heterocycles. The molecule has 1 aliphatic rings.